The summed E-state index contributed by atoms with van der Waals surface area (Å²) in [5, 5.41) is 12.1. The number of amides is 1. The average molecular weight is 381 g/mol. The standard InChI is InChI=1S/C20H31NO6/c1-5-13-7-14-9-20(10-16(22)23,15(14)8-13)11-21-19(25)27-18(12(3)4)26-17(24)6-2/h8,12,14-15,18H,5-7,9-11H2,1-4H3,(H,21,25)(H,22,23)/t14-,15-,18+,20-/m1/s1. The van der Waals surface area contributed by atoms with Crippen molar-refractivity contribution in [2.24, 2.45) is 23.2 Å². The molecule has 0 aromatic rings. The molecule has 7 heteroatoms. The van der Waals surface area contributed by atoms with Gasteiger partial charge in [-0.15, -0.1) is 0 Å². The maximum Gasteiger partial charge on any atom is 0.410 e. The summed E-state index contributed by atoms with van der Waals surface area (Å²) in [5.74, 6) is -0.821. The van der Waals surface area contributed by atoms with Crippen LogP contribution in [0.15, 0.2) is 11.6 Å². The monoisotopic (exact) mass is 381 g/mol. The smallest absolute Gasteiger partial charge is 0.410 e. The fraction of sp³-hybridized carbons (Fsp3) is 0.750. The Balaban J connectivity index is 1.97. The van der Waals surface area contributed by atoms with Crippen LogP contribution in [0.1, 0.15) is 59.8 Å². The molecule has 7 nitrogen and oxygen atoms in total. The van der Waals surface area contributed by atoms with Crippen LogP contribution in [0.2, 0.25) is 0 Å². The van der Waals surface area contributed by atoms with Crippen molar-refractivity contribution in [2.45, 2.75) is 66.1 Å². The van der Waals surface area contributed by atoms with Crippen LogP contribution < -0.4 is 5.32 Å². The Hall–Kier alpha value is -2.05. The van der Waals surface area contributed by atoms with Crippen molar-refractivity contribution in [3.63, 3.8) is 0 Å². The third-order valence-corrected chi connectivity index (χ3v) is 5.67. The number of carboxylic acid groups (broad SMARTS) is 1. The van der Waals surface area contributed by atoms with Crippen molar-refractivity contribution in [1.82, 2.24) is 5.32 Å². The molecule has 1 fully saturated rings. The zero-order valence-corrected chi connectivity index (χ0v) is 16.6. The lowest BCUT2D eigenvalue weighted by atomic mass is 9.53. The molecule has 0 aromatic carbocycles. The summed E-state index contributed by atoms with van der Waals surface area (Å²) in [7, 11) is 0. The number of allylic oxidation sites excluding steroid dienone is 2. The van der Waals surface area contributed by atoms with Crippen LogP contribution in [0.25, 0.3) is 0 Å². The molecule has 152 valence electrons. The molecule has 0 spiro atoms. The molecule has 0 aromatic heterocycles. The van der Waals surface area contributed by atoms with E-state index in [0.717, 1.165) is 19.3 Å². The minimum absolute atomic E-state index is 0.0143. The fourth-order valence-electron chi connectivity index (χ4n) is 4.21. The van der Waals surface area contributed by atoms with Gasteiger partial charge in [0.2, 0.25) is 0 Å². The Kier molecular flexibility index (Phi) is 6.89. The second-order valence-electron chi connectivity index (χ2n) is 8.02. The van der Waals surface area contributed by atoms with Gasteiger partial charge in [0.25, 0.3) is 6.29 Å². The first kappa shape index (κ1) is 21.3. The van der Waals surface area contributed by atoms with Crippen LogP contribution >= 0.6 is 0 Å². The number of hydrogen-bond donors (Lipinski definition) is 2. The number of rotatable bonds is 9. The number of alkyl carbamates (subject to hydrolysis) is 1. The van der Waals surface area contributed by atoms with Crippen molar-refractivity contribution in [2.75, 3.05) is 6.54 Å². The van der Waals surface area contributed by atoms with Crippen molar-refractivity contribution in [3.8, 4) is 0 Å². The Labute approximate surface area is 160 Å². The molecule has 0 radical (unpaired) electrons. The van der Waals surface area contributed by atoms with Gasteiger partial charge in [-0.1, -0.05) is 39.3 Å². The number of fused-ring (bicyclic) bond motifs is 1. The maximum absolute atomic E-state index is 12.2. The van der Waals surface area contributed by atoms with Crippen LogP contribution in [0.3, 0.4) is 0 Å². The molecule has 2 N–H and O–H groups in total. The highest BCUT2D eigenvalue weighted by molar-refractivity contribution is 5.71. The fourth-order valence-corrected chi connectivity index (χ4v) is 4.21. The van der Waals surface area contributed by atoms with Crippen molar-refractivity contribution in [1.29, 1.82) is 0 Å². The van der Waals surface area contributed by atoms with Gasteiger partial charge in [0.1, 0.15) is 0 Å². The van der Waals surface area contributed by atoms with Crippen LogP contribution in [-0.2, 0) is 19.1 Å². The molecule has 4 atom stereocenters. The number of aliphatic carboxylic acids is 1. The van der Waals surface area contributed by atoms with E-state index in [-0.39, 0.29) is 31.2 Å². The number of esters is 1. The summed E-state index contributed by atoms with van der Waals surface area (Å²) >= 11 is 0. The van der Waals surface area contributed by atoms with Gasteiger partial charge in [-0.3, -0.25) is 9.59 Å². The summed E-state index contributed by atoms with van der Waals surface area (Å²) in [6.45, 7) is 7.59. The molecule has 0 unspecified atom stereocenters. The van der Waals surface area contributed by atoms with E-state index in [1.54, 1.807) is 20.8 Å². The second-order valence-corrected chi connectivity index (χ2v) is 8.02. The number of nitrogens with one attached hydrogen (secondary N) is 1. The van der Waals surface area contributed by atoms with Gasteiger partial charge in [-0.05, 0) is 31.1 Å². The molecule has 1 amide bonds. The largest absolute Gasteiger partial charge is 0.481 e. The summed E-state index contributed by atoms with van der Waals surface area (Å²) < 4.78 is 10.4. The van der Waals surface area contributed by atoms with E-state index in [2.05, 4.69) is 18.3 Å². The van der Waals surface area contributed by atoms with Gasteiger partial charge >= 0.3 is 18.0 Å². The number of carbonyl (C=O) groups is 3. The summed E-state index contributed by atoms with van der Waals surface area (Å²) in [4.78, 5) is 35.1. The van der Waals surface area contributed by atoms with E-state index in [1.165, 1.54) is 5.57 Å². The van der Waals surface area contributed by atoms with Crippen molar-refractivity contribution < 1.29 is 29.0 Å². The highest BCUT2D eigenvalue weighted by Crippen LogP contribution is 2.59. The Bertz CT molecular complexity index is 614. The first-order valence-electron chi connectivity index (χ1n) is 9.76. The first-order valence-corrected chi connectivity index (χ1v) is 9.76. The molecular weight excluding hydrogens is 350 g/mol. The lowest BCUT2D eigenvalue weighted by Crippen LogP contribution is -2.53. The van der Waals surface area contributed by atoms with Crippen LogP contribution in [0.5, 0.6) is 0 Å². The molecular formula is C20H31NO6. The number of hydrogen-bond acceptors (Lipinski definition) is 5. The third-order valence-electron chi connectivity index (χ3n) is 5.67. The third kappa shape index (κ3) is 5.02. The quantitative estimate of drug-likeness (QED) is 0.360. The van der Waals surface area contributed by atoms with Crippen molar-refractivity contribution in [3.05, 3.63) is 11.6 Å². The summed E-state index contributed by atoms with van der Waals surface area (Å²) in [5.41, 5.74) is 0.894. The minimum atomic E-state index is -0.958. The minimum Gasteiger partial charge on any atom is -0.481 e. The number of carbonyl (C=O) groups excluding carboxylic acids is 2. The second kappa shape index (κ2) is 8.76. The lowest BCUT2D eigenvalue weighted by Gasteiger charge is -2.51. The van der Waals surface area contributed by atoms with Gasteiger partial charge in [-0.25, -0.2) is 4.79 Å². The molecule has 27 heavy (non-hydrogen) atoms. The van der Waals surface area contributed by atoms with Gasteiger partial charge in [-0.2, -0.15) is 0 Å². The predicted molar refractivity (Wildman–Crippen MR) is 98.8 cm³/mol. The average Bonchev–Trinajstić information content (AvgIpc) is 2.95. The highest BCUT2D eigenvalue weighted by atomic mass is 16.7. The predicted octanol–water partition coefficient (Wildman–Crippen LogP) is 3.49. The number of carboxylic acids is 1. The van der Waals surface area contributed by atoms with E-state index in [0.29, 0.717) is 5.92 Å². The van der Waals surface area contributed by atoms with E-state index in [1.807, 2.05) is 0 Å². The van der Waals surface area contributed by atoms with E-state index in [9.17, 15) is 19.5 Å². The first-order chi connectivity index (χ1) is 12.7. The molecule has 2 aliphatic carbocycles. The SMILES string of the molecule is CCC(=O)O[C@@H](OC(=O)NC[C@]1(CC(=O)O)C[C@H]2CC(CC)=C[C@H]21)C(C)C. The van der Waals surface area contributed by atoms with Gasteiger partial charge < -0.3 is 19.9 Å². The zero-order valence-electron chi connectivity index (χ0n) is 16.6. The normalized spacial score (nSPS) is 27.2. The van der Waals surface area contributed by atoms with E-state index in [4.69, 9.17) is 9.47 Å². The topological polar surface area (TPSA) is 102 Å². The molecule has 0 heterocycles. The summed E-state index contributed by atoms with van der Waals surface area (Å²) in [6, 6.07) is 0. The molecule has 0 aliphatic heterocycles. The van der Waals surface area contributed by atoms with Gasteiger partial charge in [0.05, 0.1) is 6.42 Å². The Morgan fingerprint density at radius 1 is 1.30 bits per heavy atom. The Morgan fingerprint density at radius 2 is 2.00 bits per heavy atom. The Morgan fingerprint density at radius 3 is 2.56 bits per heavy atom. The molecule has 1 saturated carbocycles. The van der Waals surface area contributed by atoms with Crippen LogP contribution in [0.4, 0.5) is 4.79 Å². The van der Waals surface area contributed by atoms with Crippen LogP contribution in [0, 0.1) is 23.2 Å². The van der Waals surface area contributed by atoms with Crippen LogP contribution in [-0.4, -0.2) is 36.0 Å². The molecule has 2 rings (SSSR count). The lowest BCUT2D eigenvalue weighted by molar-refractivity contribution is -0.174. The maximum atomic E-state index is 12.2. The van der Waals surface area contributed by atoms with E-state index < -0.39 is 29.7 Å². The molecule has 2 aliphatic rings. The van der Waals surface area contributed by atoms with Gasteiger partial charge in [0.15, 0.2) is 0 Å². The zero-order chi connectivity index (χ0) is 20.2. The summed E-state index contributed by atoms with van der Waals surface area (Å²) in [6.07, 6.45) is 3.54. The van der Waals surface area contributed by atoms with Crippen molar-refractivity contribution >= 4 is 18.0 Å². The van der Waals surface area contributed by atoms with Gasteiger partial charge in [0, 0.05) is 24.3 Å². The number of ether oxygens (including phenoxy) is 2. The molecule has 0 saturated heterocycles. The highest BCUT2D eigenvalue weighted by Gasteiger charge is 2.55. The molecule has 0 bridgehead atoms. The van der Waals surface area contributed by atoms with E-state index >= 15 is 0 Å².